The zero-order valence-corrected chi connectivity index (χ0v) is 13.8. The second kappa shape index (κ2) is 6.51. The highest BCUT2D eigenvalue weighted by Crippen LogP contribution is 2.29. The number of rotatable bonds is 3. The van der Waals surface area contributed by atoms with Crippen molar-refractivity contribution in [2.75, 3.05) is 37.7 Å². The number of anilines is 1. The first-order valence-electron chi connectivity index (χ1n) is 8.38. The lowest BCUT2D eigenvalue weighted by Crippen LogP contribution is -2.48. The van der Waals surface area contributed by atoms with E-state index >= 15 is 0 Å². The summed E-state index contributed by atoms with van der Waals surface area (Å²) in [5.74, 6) is 0.493. The molecule has 2 aliphatic rings. The average Bonchev–Trinajstić information content (AvgIpc) is 2.99. The Morgan fingerprint density at radius 3 is 3.12 bits per heavy atom. The Labute approximate surface area is 140 Å². The van der Waals surface area contributed by atoms with Gasteiger partial charge in [0.15, 0.2) is 11.4 Å². The van der Waals surface area contributed by atoms with Crippen LogP contribution >= 0.6 is 0 Å². The van der Waals surface area contributed by atoms with E-state index in [1.165, 1.54) is 6.07 Å². The van der Waals surface area contributed by atoms with Crippen LogP contribution in [-0.2, 0) is 6.54 Å². The summed E-state index contributed by atoms with van der Waals surface area (Å²) < 4.78 is 19.8. The number of halogens is 1. The van der Waals surface area contributed by atoms with Crippen LogP contribution in [0.1, 0.15) is 12.5 Å². The fourth-order valence-electron chi connectivity index (χ4n) is 3.36. The number of nitrogens with zero attached hydrogens (tertiary/aromatic N) is 3. The van der Waals surface area contributed by atoms with Gasteiger partial charge in [-0.2, -0.15) is 0 Å². The summed E-state index contributed by atoms with van der Waals surface area (Å²) in [4.78, 5) is 4.25. The van der Waals surface area contributed by atoms with Crippen LogP contribution in [0.15, 0.2) is 28.9 Å². The minimum atomic E-state index is -0.233. The fourth-order valence-corrected chi connectivity index (χ4v) is 3.36. The molecule has 128 valence electrons. The molecule has 2 aliphatic heterocycles. The number of nitrogens with one attached hydrogen (secondary N) is 2. The Kier molecular flexibility index (Phi) is 4.22. The summed E-state index contributed by atoms with van der Waals surface area (Å²) in [6.07, 6.45) is 4.01. The number of hydrogen-bond acceptors (Lipinski definition) is 6. The zero-order valence-electron chi connectivity index (χ0n) is 13.8. The maximum absolute atomic E-state index is 14.5. The summed E-state index contributed by atoms with van der Waals surface area (Å²) in [5, 5.41) is 11.6. The van der Waals surface area contributed by atoms with Gasteiger partial charge in [0.25, 0.3) is 0 Å². The Morgan fingerprint density at radius 1 is 1.42 bits per heavy atom. The van der Waals surface area contributed by atoms with Gasteiger partial charge in [0.2, 0.25) is 0 Å². The van der Waals surface area contributed by atoms with Crippen LogP contribution in [0.4, 0.5) is 10.2 Å². The predicted molar refractivity (Wildman–Crippen MR) is 91.2 cm³/mol. The molecule has 0 amide bonds. The van der Waals surface area contributed by atoms with E-state index in [9.17, 15) is 4.39 Å². The third-order valence-corrected chi connectivity index (χ3v) is 4.57. The van der Waals surface area contributed by atoms with Crippen molar-refractivity contribution < 1.29 is 8.91 Å². The maximum Gasteiger partial charge on any atom is 0.185 e. The molecule has 24 heavy (non-hydrogen) atoms. The van der Waals surface area contributed by atoms with Crippen LogP contribution in [0.2, 0.25) is 0 Å². The van der Waals surface area contributed by atoms with Crippen molar-refractivity contribution in [2.45, 2.75) is 19.5 Å². The first kappa shape index (κ1) is 15.6. The summed E-state index contributed by atoms with van der Waals surface area (Å²) in [5.41, 5.74) is 1.17. The molecule has 2 aromatic rings. The van der Waals surface area contributed by atoms with E-state index in [1.54, 1.807) is 0 Å². The highest BCUT2D eigenvalue weighted by molar-refractivity contribution is 5.89. The first-order valence-corrected chi connectivity index (χ1v) is 8.38. The van der Waals surface area contributed by atoms with Crippen molar-refractivity contribution in [1.82, 2.24) is 20.7 Å². The molecular weight excluding hydrogens is 309 g/mol. The first-order chi connectivity index (χ1) is 11.7. The maximum atomic E-state index is 14.5. The molecule has 0 saturated carbocycles. The standard InChI is InChI=1S/C17H22FN5O/c1-12-9-22(6-4-20-12)10-13-7-14-16(8-15(13)18)24-21-17(14)23-5-2-3-19-11-23/h2,5,7-8,12,19-20H,3-4,6,9-11H2,1H3/t12-/m0/s1. The number of hydrogen-bond donors (Lipinski definition) is 2. The zero-order chi connectivity index (χ0) is 16.5. The summed E-state index contributed by atoms with van der Waals surface area (Å²) >= 11 is 0. The third-order valence-electron chi connectivity index (χ3n) is 4.57. The van der Waals surface area contributed by atoms with E-state index in [0.29, 0.717) is 30.4 Å². The van der Waals surface area contributed by atoms with Crippen molar-refractivity contribution in [2.24, 2.45) is 0 Å². The van der Waals surface area contributed by atoms with Gasteiger partial charge < -0.3 is 14.7 Å². The van der Waals surface area contributed by atoms with Gasteiger partial charge in [-0.05, 0) is 13.0 Å². The molecule has 0 aliphatic carbocycles. The van der Waals surface area contributed by atoms with E-state index in [4.69, 9.17) is 4.52 Å². The van der Waals surface area contributed by atoms with Crippen LogP contribution in [-0.4, -0.2) is 48.9 Å². The molecule has 1 atom stereocenters. The molecule has 0 radical (unpaired) electrons. The van der Waals surface area contributed by atoms with Gasteiger partial charge in [-0.1, -0.05) is 11.2 Å². The Balaban J connectivity index is 1.64. The van der Waals surface area contributed by atoms with Crippen LogP contribution in [0.25, 0.3) is 11.0 Å². The molecule has 6 nitrogen and oxygen atoms in total. The monoisotopic (exact) mass is 331 g/mol. The highest BCUT2D eigenvalue weighted by Gasteiger charge is 2.21. The molecule has 1 aromatic heterocycles. The van der Waals surface area contributed by atoms with Crippen molar-refractivity contribution in [3.8, 4) is 0 Å². The predicted octanol–water partition coefficient (Wildman–Crippen LogP) is 1.64. The summed E-state index contributed by atoms with van der Waals surface area (Å²) in [7, 11) is 0. The van der Waals surface area contributed by atoms with Crippen LogP contribution in [0, 0.1) is 5.82 Å². The third kappa shape index (κ3) is 3.02. The molecule has 1 aromatic carbocycles. The van der Waals surface area contributed by atoms with Gasteiger partial charge in [0.05, 0.1) is 12.1 Å². The number of aromatic nitrogens is 1. The lowest BCUT2D eigenvalue weighted by molar-refractivity contribution is 0.197. The van der Waals surface area contributed by atoms with E-state index in [0.717, 1.165) is 37.4 Å². The van der Waals surface area contributed by atoms with E-state index < -0.39 is 0 Å². The molecule has 4 rings (SSSR count). The van der Waals surface area contributed by atoms with Gasteiger partial charge in [-0.25, -0.2) is 4.39 Å². The topological polar surface area (TPSA) is 56.6 Å². The van der Waals surface area contributed by atoms with Crippen LogP contribution < -0.4 is 15.5 Å². The van der Waals surface area contributed by atoms with Crippen LogP contribution in [0.5, 0.6) is 0 Å². The molecule has 7 heteroatoms. The van der Waals surface area contributed by atoms with Gasteiger partial charge >= 0.3 is 0 Å². The smallest absolute Gasteiger partial charge is 0.185 e. The summed E-state index contributed by atoms with van der Waals surface area (Å²) in [6, 6.07) is 3.76. The number of piperazine rings is 1. The fraction of sp³-hybridized carbons (Fsp3) is 0.471. The minimum Gasteiger partial charge on any atom is -0.354 e. The van der Waals surface area contributed by atoms with E-state index in [2.05, 4.69) is 27.6 Å². The van der Waals surface area contributed by atoms with Gasteiger partial charge in [-0.3, -0.25) is 10.2 Å². The molecule has 1 fully saturated rings. The van der Waals surface area contributed by atoms with Crippen molar-refractivity contribution in [3.63, 3.8) is 0 Å². The normalized spacial score (nSPS) is 22.4. The SMILES string of the molecule is C[C@H]1CN(Cc2cc3c(N4C=CCNC4)noc3cc2F)CCN1. The Bertz CT molecular complexity index is 759. The van der Waals surface area contributed by atoms with Crippen molar-refractivity contribution in [3.05, 3.63) is 35.8 Å². The average molecular weight is 331 g/mol. The highest BCUT2D eigenvalue weighted by atomic mass is 19.1. The molecule has 0 bridgehead atoms. The Hall–Kier alpha value is -1.96. The minimum absolute atomic E-state index is 0.233. The molecule has 2 N–H and O–H groups in total. The van der Waals surface area contributed by atoms with E-state index in [-0.39, 0.29) is 5.82 Å². The molecular formula is C17H22FN5O. The van der Waals surface area contributed by atoms with E-state index in [1.807, 2.05) is 23.2 Å². The second-order valence-electron chi connectivity index (χ2n) is 6.50. The largest absolute Gasteiger partial charge is 0.354 e. The molecule has 0 unspecified atom stereocenters. The second-order valence-corrected chi connectivity index (χ2v) is 6.50. The van der Waals surface area contributed by atoms with Gasteiger partial charge in [-0.15, -0.1) is 0 Å². The molecule has 3 heterocycles. The lowest BCUT2D eigenvalue weighted by Gasteiger charge is -2.31. The molecule has 0 spiro atoms. The van der Waals surface area contributed by atoms with Crippen molar-refractivity contribution >= 4 is 16.8 Å². The van der Waals surface area contributed by atoms with Crippen molar-refractivity contribution in [1.29, 1.82) is 0 Å². The van der Waals surface area contributed by atoms with Crippen LogP contribution in [0.3, 0.4) is 0 Å². The Morgan fingerprint density at radius 2 is 2.33 bits per heavy atom. The number of fused-ring (bicyclic) bond motifs is 1. The summed E-state index contributed by atoms with van der Waals surface area (Å²) in [6.45, 7) is 7.05. The lowest BCUT2D eigenvalue weighted by atomic mass is 10.1. The van der Waals surface area contributed by atoms with Gasteiger partial charge in [0.1, 0.15) is 5.82 Å². The molecule has 1 saturated heterocycles. The van der Waals surface area contributed by atoms with Gasteiger partial charge in [0, 0.05) is 56.6 Å². The quantitative estimate of drug-likeness (QED) is 0.892. The number of benzene rings is 1.